The maximum Gasteiger partial charge on any atom is 0.261 e. The number of hydrogen-bond acceptors (Lipinski definition) is 6. The van der Waals surface area contributed by atoms with Gasteiger partial charge in [-0.05, 0) is 23.6 Å². The molecule has 1 amide bonds. The van der Waals surface area contributed by atoms with E-state index in [0.29, 0.717) is 35.4 Å². The maximum absolute atomic E-state index is 11.8. The molecule has 0 radical (unpaired) electrons. The molecule has 3 rings (SSSR count). The van der Waals surface area contributed by atoms with E-state index in [9.17, 15) is 4.79 Å². The van der Waals surface area contributed by atoms with Crippen LogP contribution in [0.25, 0.3) is 11.5 Å². The van der Waals surface area contributed by atoms with E-state index in [1.807, 2.05) is 35.7 Å². The molecule has 0 bridgehead atoms. The van der Waals surface area contributed by atoms with Crippen LogP contribution in [0.5, 0.6) is 5.75 Å². The van der Waals surface area contributed by atoms with Crippen molar-refractivity contribution in [1.82, 2.24) is 15.5 Å². The summed E-state index contributed by atoms with van der Waals surface area (Å²) in [5.74, 6) is 1.46. The molecular formula is C16H15N3O3S. The van der Waals surface area contributed by atoms with Gasteiger partial charge in [0.2, 0.25) is 5.89 Å². The third kappa shape index (κ3) is 3.57. The van der Waals surface area contributed by atoms with Crippen LogP contribution in [0.15, 0.2) is 46.2 Å². The molecule has 3 aromatic rings. The Hall–Kier alpha value is -2.67. The molecule has 0 aliphatic rings. The minimum atomic E-state index is -0.0931. The van der Waals surface area contributed by atoms with E-state index in [4.69, 9.17) is 9.15 Å². The van der Waals surface area contributed by atoms with Crippen LogP contribution in [0, 0.1) is 0 Å². The Bertz CT molecular complexity index is 783. The first kappa shape index (κ1) is 15.2. The number of carbonyl (C=O) groups is 1. The number of benzene rings is 1. The summed E-state index contributed by atoms with van der Waals surface area (Å²) >= 11 is 1.41. The molecule has 0 spiro atoms. The van der Waals surface area contributed by atoms with E-state index in [1.165, 1.54) is 11.3 Å². The van der Waals surface area contributed by atoms with Crippen LogP contribution in [-0.4, -0.2) is 29.8 Å². The van der Waals surface area contributed by atoms with E-state index in [1.54, 1.807) is 13.2 Å². The monoisotopic (exact) mass is 329 g/mol. The van der Waals surface area contributed by atoms with E-state index in [2.05, 4.69) is 15.5 Å². The average molecular weight is 329 g/mol. The molecule has 1 N–H and O–H groups in total. The Morgan fingerprint density at radius 3 is 2.91 bits per heavy atom. The Morgan fingerprint density at radius 1 is 1.26 bits per heavy atom. The summed E-state index contributed by atoms with van der Waals surface area (Å²) in [6.45, 7) is 0.435. The van der Waals surface area contributed by atoms with Gasteiger partial charge in [0.15, 0.2) is 0 Å². The molecule has 0 fully saturated rings. The predicted octanol–water partition coefficient (Wildman–Crippen LogP) is 2.78. The first-order valence-corrected chi connectivity index (χ1v) is 7.93. The molecule has 0 saturated carbocycles. The van der Waals surface area contributed by atoms with Gasteiger partial charge in [-0.15, -0.1) is 21.5 Å². The molecular weight excluding hydrogens is 314 g/mol. The minimum absolute atomic E-state index is 0.0931. The standard InChI is InChI=1S/C16H15N3O3S/c1-21-12-6-3-2-5-11(12)16-19-18-14(22-16)8-9-17-15(20)13-7-4-10-23-13/h2-7,10H,8-9H2,1H3,(H,17,20). The molecule has 1 aromatic carbocycles. The van der Waals surface area contributed by atoms with Gasteiger partial charge in [-0.1, -0.05) is 18.2 Å². The Balaban J connectivity index is 1.60. The molecule has 7 heteroatoms. The lowest BCUT2D eigenvalue weighted by molar-refractivity contribution is 0.0957. The highest BCUT2D eigenvalue weighted by Crippen LogP contribution is 2.28. The highest BCUT2D eigenvalue weighted by Gasteiger charge is 2.13. The lowest BCUT2D eigenvalue weighted by atomic mass is 10.2. The fourth-order valence-electron chi connectivity index (χ4n) is 2.06. The molecule has 0 aliphatic carbocycles. The number of rotatable bonds is 6. The van der Waals surface area contributed by atoms with Crippen molar-refractivity contribution in [3.63, 3.8) is 0 Å². The van der Waals surface area contributed by atoms with Gasteiger partial charge in [0.05, 0.1) is 17.6 Å². The fraction of sp³-hybridized carbons (Fsp3) is 0.188. The molecule has 0 unspecified atom stereocenters. The van der Waals surface area contributed by atoms with E-state index in [-0.39, 0.29) is 5.91 Å². The number of nitrogens with zero attached hydrogens (tertiary/aromatic N) is 2. The topological polar surface area (TPSA) is 77.3 Å². The zero-order valence-electron chi connectivity index (χ0n) is 12.5. The lowest BCUT2D eigenvalue weighted by Gasteiger charge is -2.03. The highest BCUT2D eigenvalue weighted by molar-refractivity contribution is 7.12. The molecule has 0 atom stereocenters. The van der Waals surface area contributed by atoms with Crippen molar-refractivity contribution in [1.29, 1.82) is 0 Å². The zero-order valence-corrected chi connectivity index (χ0v) is 13.3. The summed E-state index contributed by atoms with van der Waals surface area (Å²) in [5, 5.41) is 12.7. The van der Waals surface area contributed by atoms with Gasteiger partial charge in [0, 0.05) is 13.0 Å². The number of para-hydroxylation sites is 1. The third-order valence-corrected chi connectivity index (χ3v) is 4.04. The van der Waals surface area contributed by atoms with Gasteiger partial charge in [-0.25, -0.2) is 0 Å². The normalized spacial score (nSPS) is 10.5. The lowest BCUT2D eigenvalue weighted by Crippen LogP contribution is -2.24. The van der Waals surface area contributed by atoms with Crippen LogP contribution >= 0.6 is 11.3 Å². The number of hydrogen-bond donors (Lipinski definition) is 1. The minimum Gasteiger partial charge on any atom is -0.496 e. The number of aromatic nitrogens is 2. The smallest absolute Gasteiger partial charge is 0.261 e. The summed E-state index contributed by atoms with van der Waals surface area (Å²) in [7, 11) is 1.59. The third-order valence-electron chi connectivity index (χ3n) is 3.17. The maximum atomic E-state index is 11.8. The Morgan fingerprint density at radius 2 is 2.13 bits per heavy atom. The number of ether oxygens (including phenoxy) is 1. The molecule has 0 aliphatic heterocycles. The van der Waals surface area contributed by atoms with Gasteiger partial charge in [-0.3, -0.25) is 4.79 Å². The Labute approximate surface area is 137 Å². The summed E-state index contributed by atoms with van der Waals surface area (Å²) in [6.07, 6.45) is 0.471. The summed E-state index contributed by atoms with van der Waals surface area (Å²) < 4.78 is 10.9. The molecule has 2 heterocycles. The van der Waals surface area contributed by atoms with Gasteiger partial charge in [0.1, 0.15) is 5.75 Å². The molecule has 2 aromatic heterocycles. The Kier molecular flexibility index (Phi) is 4.68. The average Bonchev–Trinajstić information content (AvgIpc) is 3.26. The summed E-state index contributed by atoms with van der Waals surface area (Å²) in [5.41, 5.74) is 0.747. The van der Waals surface area contributed by atoms with Gasteiger partial charge in [0.25, 0.3) is 11.8 Å². The van der Waals surface area contributed by atoms with Crippen molar-refractivity contribution in [3.05, 3.63) is 52.5 Å². The molecule has 23 heavy (non-hydrogen) atoms. The first-order valence-electron chi connectivity index (χ1n) is 7.05. The first-order chi connectivity index (χ1) is 11.3. The SMILES string of the molecule is COc1ccccc1-c1nnc(CCNC(=O)c2cccs2)o1. The second-order valence-electron chi connectivity index (χ2n) is 4.68. The van der Waals surface area contributed by atoms with E-state index >= 15 is 0 Å². The van der Waals surface area contributed by atoms with E-state index in [0.717, 1.165) is 5.56 Å². The second kappa shape index (κ2) is 7.06. The van der Waals surface area contributed by atoms with Crippen molar-refractivity contribution in [3.8, 4) is 17.2 Å². The van der Waals surface area contributed by atoms with Gasteiger partial charge in [-0.2, -0.15) is 0 Å². The van der Waals surface area contributed by atoms with Gasteiger partial charge >= 0.3 is 0 Å². The van der Waals surface area contributed by atoms with Crippen LogP contribution in [0.1, 0.15) is 15.6 Å². The van der Waals surface area contributed by atoms with Crippen molar-refractivity contribution < 1.29 is 13.9 Å². The van der Waals surface area contributed by atoms with Crippen LogP contribution in [-0.2, 0) is 6.42 Å². The van der Waals surface area contributed by atoms with Crippen LogP contribution in [0.2, 0.25) is 0 Å². The van der Waals surface area contributed by atoms with Crippen LogP contribution < -0.4 is 10.1 Å². The quantitative estimate of drug-likeness (QED) is 0.752. The number of amides is 1. The van der Waals surface area contributed by atoms with Crippen LogP contribution in [0.3, 0.4) is 0 Å². The van der Waals surface area contributed by atoms with Crippen molar-refractivity contribution in [2.45, 2.75) is 6.42 Å². The molecule has 0 saturated heterocycles. The predicted molar refractivity (Wildman–Crippen MR) is 86.6 cm³/mol. The van der Waals surface area contributed by atoms with Crippen molar-refractivity contribution in [2.24, 2.45) is 0 Å². The number of nitrogens with one attached hydrogen (secondary N) is 1. The van der Waals surface area contributed by atoms with Crippen LogP contribution in [0.4, 0.5) is 0 Å². The zero-order chi connectivity index (χ0) is 16.1. The van der Waals surface area contributed by atoms with Crippen molar-refractivity contribution >= 4 is 17.2 Å². The largest absolute Gasteiger partial charge is 0.496 e. The molecule has 118 valence electrons. The fourth-order valence-corrected chi connectivity index (χ4v) is 2.70. The summed E-state index contributed by atoms with van der Waals surface area (Å²) in [4.78, 5) is 12.5. The number of thiophene rings is 1. The van der Waals surface area contributed by atoms with Gasteiger partial charge < -0.3 is 14.5 Å². The second-order valence-corrected chi connectivity index (χ2v) is 5.63. The molecule has 6 nitrogen and oxygen atoms in total. The number of carbonyl (C=O) groups excluding carboxylic acids is 1. The highest BCUT2D eigenvalue weighted by atomic mass is 32.1. The van der Waals surface area contributed by atoms with Crippen molar-refractivity contribution in [2.75, 3.05) is 13.7 Å². The number of methoxy groups -OCH3 is 1. The van der Waals surface area contributed by atoms with E-state index < -0.39 is 0 Å². The summed E-state index contributed by atoms with van der Waals surface area (Å²) in [6, 6.07) is 11.1.